The standard InChI is InChI=1S/C16H27N3O3/c1-13(20)10-18-6-8-19(9-7-18)12-16(21)17(3)11-15-5-4-14(2)22-15/h4-5,13,20H,6-12H2,1-3H3/t13-/m0/s1. The van der Waals surface area contributed by atoms with Crippen molar-refractivity contribution >= 4 is 5.91 Å². The fourth-order valence-corrected chi connectivity index (χ4v) is 2.71. The average molecular weight is 309 g/mol. The lowest BCUT2D eigenvalue weighted by molar-refractivity contribution is -0.132. The molecular weight excluding hydrogens is 282 g/mol. The van der Waals surface area contributed by atoms with E-state index in [1.807, 2.05) is 26.1 Å². The van der Waals surface area contributed by atoms with E-state index >= 15 is 0 Å². The van der Waals surface area contributed by atoms with Gasteiger partial charge in [0, 0.05) is 39.8 Å². The molecule has 124 valence electrons. The van der Waals surface area contributed by atoms with E-state index in [-0.39, 0.29) is 12.0 Å². The third-order valence-corrected chi connectivity index (χ3v) is 3.96. The van der Waals surface area contributed by atoms with Crippen molar-refractivity contribution in [3.63, 3.8) is 0 Å². The van der Waals surface area contributed by atoms with Crippen molar-refractivity contribution < 1.29 is 14.3 Å². The molecule has 1 N–H and O–H groups in total. The number of rotatable bonds is 6. The lowest BCUT2D eigenvalue weighted by Gasteiger charge is -2.35. The van der Waals surface area contributed by atoms with Gasteiger partial charge in [0.1, 0.15) is 11.5 Å². The summed E-state index contributed by atoms with van der Waals surface area (Å²) in [6, 6.07) is 3.82. The van der Waals surface area contributed by atoms with Gasteiger partial charge in [-0.15, -0.1) is 0 Å². The van der Waals surface area contributed by atoms with Gasteiger partial charge in [-0.05, 0) is 26.0 Å². The Bertz CT molecular complexity index is 479. The maximum atomic E-state index is 12.3. The van der Waals surface area contributed by atoms with Crippen molar-refractivity contribution in [2.45, 2.75) is 26.5 Å². The first-order chi connectivity index (χ1) is 10.4. The Balaban J connectivity index is 1.73. The van der Waals surface area contributed by atoms with Crippen LogP contribution in [-0.2, 0) is 11.3 Å². The number of β-amino-alcohol motifs (C(OH)–C–C–N with tert-alkyl or cyclic N) is 1. The van der Waals surface area contributed by atoms with Crippen molar-refractivity contribution in [2.75, 3.05) is 46.3 Å². The molecule has 1 aromatic heterocycles. The number of nitrogens with zero attached hydrogens (tertiary/aromatic N) is 3. The molecule has 2 rings (SSSR count). The molecule has 6 heteroatoms. The van der Waals surface area contributed by atoms with Gasteiger partial charge in [0.05, 0.1) is 19.2 Å². The summed E-state index contributed by atoms with van der Waals surface area (Å²) in [5.41, 5.74) is 0. The topological polar surface area (TPSA) is 60.2 Å². The molecule has 2 heterocycles. The molecule has 1 aliphatic rings. The minimum absolute atomic E-state index is 0.109. The van der Waals surface area contributed by atoms with Crippen molar-refractivity contribution in [3.05, 3.63) is 23.7 Å². The number of furan rings is 1. The Hall–Kier alpha value is -1.37. The molecule has 0 aliphatic carbocycles. The Morgan fingerprint density at radius 2 is 1.95 bits per heavy atom. The van der Waals surface area contributed by atoms with Gasteiger partial charge in [-0.2, -0.15) is 0 Å². The number of aliphatic hydroxyl groups excluding tert-OH is 1. The monoisotopic (exact) mass is 309 g/mol. The van der Waals surface area contributed by atoms with E-state index in [4.69, 9.17) is 4.42 Å². The number of piperazine rings is 1. The molecule has 22 heavy (non-hydrogen) atoms. The number of aliphatic hydroxyl groups is 1. The highest BCUT2D eigenvalue weighted by Gasteiger charge is 2.21. The normalized spacial score (nSPS) is 18.4. The van der Waals surface area contributed by atoms with Gasteiger partial charge in [-0.3, -0.25) is 14.6 Å². The predicted molar refractivity (Wildman–Crippen MR) is 84.5 cm³/mol. The fourth-order valence-electron chi connectivity index (χ4n) is 2.71. The Labute approximate surface area is 132 Å². The van der Waals surface area contributed by atoms with Crippen LogP contribution in [0, 0.1) is 6.92 Å². The number of carbonyl (C=O) groups excluding carboxylic acids is 1. The molecule has 1 amide bonds. The predicted octanol–water partition coefficient (Wildman–Crippen LogP) is 0.545. The van der Waals surface area contributed by atoms with Gasteiger partial charge < -0.3 is 14.4 Å². The van der Waals surface area contributed by atoms with E-state index in [2.05, 4.69) is 9.80 Å². The lowest BCUT2D eigenvalue weighted by atomic mass is 10.2. The molecule has 0 bridgehead atoms. The molecule has 1 saturated heterocycles. The van der Waals surface area contributed by atoms with Crippen molar-refractivity contribution in [1.82, 2.24) is 14.7 Å². The number of carbonyl (C=O) groups is 1. The minimum Gasteiger partial charge on any atom is -0.464 e. The molecule has 1 atom stereocenters. The van der Waals surface area contributed by atoms with Gasteiger partial charge >= 0.3 is 0 Å². The van der Waals surface area contributed by atoms with E-state index in [0.717, 1.165) is 37.7 Å². The molecular formula is C16H27N3O3. The second-order valence-corrected chi connectivity index (χ2v) is 6.19. The van der Waals surface area contributed by atoms with Gasteiger partial charge in [-0.1, -0.05) is 0 Å². The van der Waals surface area contributed by atoms with Gasteiger partial charge in [0.25, 0.3) is 0 Å². The first-order valence-corrected chi connectivity index (χ1v) is 7.86. The maximum Gasteiger partial charge on any atom is 0.236 e. The molecule has 0 saturated carbocycles. The van der Waals surface area contributed by atoms with Crippen molar-refractivity contribution in [2.24, 2.45) is 0 Å². The highest BCUT2D eigenvalue weighted by Crippen LogP contribution is 2.09. The van der Waals surface area contributed by atoms with Crippen LogP contribution in [0.5, 0.6) is 0 Å². The molecule has 0 aromatic carbocycles. The molecule has 0 unspecified atom stereocenters. The Kier molecular flexibility index (Phi) is 5.99. The zero-order valence-corrected chi connectivity index (χ0v) is 13.8. The number of hydrogen-bond acceptors (Lipinski definition) is 5. The molecule has 1 fully saturated rings. The smallest absolute Gasteiger partial charge is 0.236 e. The van der Waals surface area contributed by atoms with Crippen LogP contribution in [0.2, 0.25) is 0 Å². The first-order valence-electron chi connectivity index (χ1n) is 7.86. The zero-order valence-electron chi connectivity index (χ0n) is 13.8. The van der Waals surface area contributed by atoms with E-state index < -0.39 is 0 Å². The van der Waals surface area contributed by atoms with Crippen molar-refractivity contribution in [1.29, 1.82) is 0 Å². The summed E-state index contributed by atoms with van der Waals surface area (Å²) >= 11 is 0. The number of hydrogen-bond donors (Lipinski definition) is 1. The minimum atomic E-state index is -0.295. The van der Waals surface area contributed by atoms with Crippen molar-refractivity contribution in [3.8, 4) is 0 Å². The number of aryl methyl sites for hydroxylation is 1. The third-order valence-electron chi connectivity index (χ3n) is 3.96. The summed E-state index contributed by atoms with van der Waals surface area (Å²) in [5, 5.41) is 9.41. The van der Waals surface area contributed by atoms with E-state index in [1.54, 1.807) is 11.8 Å². The van der Waals surface area contributed by atoms with Gasteiger partial charge in [-0.25, -0.2) is 0 Å². The zero-order chi connectivity index (χ0) is 16.1. The molecule has 6 nitrogen and oxygen atoms in total. The number of likely N-dealkylation sites (N-methyl/N-ethyl adjacent to an activating group) is 1. The highest BCUT2D eigenvalue weighted by molar-refractivity contribution is 5.77. The molecule has 0 radical (unpaired) electrons. The quantitative estimate of drug-likeness (QED) is 0.831. The summed E-state index contributed by atoms with van der Waals surface area (Å²) in [6.45, 7) is 8.91. The Morgan fingerprint density at radius 3 is 2.50 bits per heavy atom. The van der Waals surface area contributed by atoms with E-state index in [9.17, 15) is 9.90 Å². The fraction of sp³-hybridized carbons (Fsp3) is 0.688. The average Bonchev–Trinajstić information content (AvgIpc) is 2.85. The molecule has 1 aromatic rings. The highest BCUT2D eigenvalue weighted by atomic mass is 16.3. The molecule has 1 aliphatic heterocycles. The summed E-state index contributed by atoms with van der Waals surface area (Å²) in [4.78, 5) is 18.4. The van der Waals surface area contributed by atoms with Crippen LogP contribution in [-0.4, -0.2) is 78.1 Å². The van der Waals surface area contributed by atoms with Crippen LogP contribution >= 0.6 is 0 Å². The Morgan fingerprint density at radius 1 is 1.32 bits per heavy atom. The maximum absolute atomic E-state index is 12.3. The second kappa shape index (κ2) is 7.76. The SMILES string of the molecule is Cc1ccc(CN(C)C(=O)CN2CCN(C[C@H](C)O)CC2)o1. The largest absolute Gasteiger partial charge is 0.464 e. The molecule has 0 spiro atoms. The van der Waals surface area contributed by atoms with Gasteiger partial charge in [0.2, 0.25) is 5.91 Å². The van der Waals surface area contributed by atoms with E-state index in [0.29, 0.717) is 19.6 Å². The number of amides is 1. The summed E-state index contributed by atoms with van der Waals surface area (Å²) in [6.07, 6.45) is -0.295. The second-order valence-electron chi connectivity index (χ2n) is 6.19. The van der Waals surface area contributed by atoms with E-state index in [1.165, 1.54) is 0 Å². The van der Waals surface area contributed by atoms with Gasteiger partial charge in [0.15, 0.2) is 0 Å². The van der Waals surface area contributed by atoms with Crippen LogP contribution in [0.1, 0.15) is 18.4 Å². The van der Waals surface area contributed by atoms with Crippen LogP contribution in [0.4, 0.5) is 0 Å². The van der Waals surface area contributed by atoms with Crippen LogP contribution < -0.4 is 0 Å². The van der Waals surface area contributed by atoms with Crippen LogP contribution in [0.15, 0.2) is 16.5 Å². The summed E-state index contributed by atoms with van der Waals surface area (Å²) in [7, 11) is 1.81. The lowest BCUT2D eigenvalue weighted by Crippen LogP contribution is -2.50. The van der Waals surface area contributed by atoms with Crippen LogP contribution in [0.3, 0.4) is 0 Å². The summed E-state index contributed by atoms with van der Waals surface area (Å²) < 4.78 is 5.51. The third kappa shape index (κ3) is 5.12. The van der Waals surface area contributed by atoms with Crippen LogP contribution in [0.25, 0.3) is 0 Å². The summed E-state index contributed by atoms with van der Waals surface area (Å²) in [5.74, 6) is 1.79. The first kappa shape index (κ1) is 17.0.